The first-order chi connectivity index (χ1) is 7.31. The van der Waals surface area contributed by atoms with Gasteiger partial charge in [0, 0.05) is 0 Å². The largest absolute Gasteiger partial charge is 0.493 e. The Kier molecular flexibility index (Phi) is 3.27. The predicted octanol–water partition coefficient (Wildman–Crippen LogP) is 2.29. The molecule has 0 heterocycles. The molecule has 0 atom stereocenters. The van der Waals surface area contributed by atoms with Crippen LogP contribution in [0.4, 0.5) is 0 Å². The van der Waals surface area contributed by atoms with Crippen molar-refractivity contribution in [1.82, 2.24) is 0 Å². The molecule has 15 heavy (non-hydrogen) atoms. The van der Waals surface area contributed by atoms with Crippen LogP contribution in [0.15, 0.2) is 18.2 Å². The highest BCUT2D eigenvalue weighted by Gasteiger charge is 2.22. The second kappa shape index (κ2) is 4.67. The van der Waals surface area contributed by atoms with Gasteiger partial charge in [0.15, 0.2) is 0 Å². The number of ether oxygens (including phenoxy) is 1. The average molecular weight is 205 g/mol. The van der Waals surface area contributed by atoms with Crippen LogP contribution in [-0.4, -0.2) is 13.2 Å². The zero-order valence-corrected chi connectivity index (χ0v) is 9.33. The minimum Gasteiger partial charge on any atom is -0.493 e. The minimum absolute atomic E-state index is 0.684. The Morgan fingerprint density at radius 3 is 2.87 bits per heavy atom. The standard InChI is InChI=1S/C13H19NO/c1-10-3-2-4-12(7-8-14)13(10)15-9-11-5-6-11/h2-4,11H,5-9,14H2,1H3. The molecule has 1 aliphatic carbocycles. The Morgan fingerprint density at radius 1 is 1.40 bits per heavy atom. The van der Waals surface area contributed by atoms with E-state index in [4.69, 9.17) is 10.5 Å². The van der Waals surface area contributed by atoms with Gasteiger partial charge in [-0.05, 0) is 49.8 Å². The van der Waals surface area contributed by atoms with Gasteiger partial charge in [0.05, 0.1) is 6.61 Å². The highest BCUT2D eigenvalue weighted by atomic mass is 16.5. The van der Waals surface area contributed by atoms with E-state index in [1.54, 1.807) is 0 Å². The van der Waals surface area contributed by atoms with Gasteiger partial charge in [0.1, 0.15) is 5.75 Å². The first-order valence-corrected chi connectivity index (χ1v) is 5.72. The van der Waals surface area contributed by atoms with Crippen LogP contribution in [0, 0.1) is 12.8 Å². The Bertz CT molecular complexity index is 331. The molecular weight excluding hydrogens is 186 g/mol. The third kappa shape index (κ3) is 2.72. The average Bonchev–Trinajstić information content (AvgIpc) is 3.01. The Morgan fingerprint density at radius 2 is 2.20 bits per heavy atom. The quantitative estimate of drug-likeness (QED) is 0.800. The Hall–Kier alpha value is -1.02. The van der Waals surface area contributed by atoms with Gasteiger partial charge < -0.3 is 10.5 Å². The topological polar surface area (TPSA) is 35.2 Å². The van der Waals surface area contributed by atoms with Gasteiger partial charge in [0.2, 0.25) is 0 Å². The fraction of sp³-hybridized carbons (Fsp3) is 0.538. The van der Waals surface area contributed by atoms with Crippen molar-refractivity contribution in [3.63, 3.8) is 0 Å². The van der Waals surface area contributed by atoms with Crippen LogP contribution in [0.2, 0.25) is 0 Å². The lowest BCUT2D eigenvalue weighted by Gasteiger charge is -2.13. The van der Waals surface area contributed by atoms with Gasteiger partial charge >= 0.3 is 0 Å². The van der Waals surface area contributed by atoms with E-state index in [1.165, 1.54) is 24.0 Å². The number of nitrogens with two attached hydrogens (primary N) is 1. The first-order valence-electron chi connectivity index (χ1n) is 5.72. The van der Waals surface area contributed by atoms with E-state index in [1.807, 2.05) is 0 Å². The molecular formula is C13H19NO. The SMILES string of the molecule is Cc1cccc(CCN)c1OCC1CC1. The zero-order chi connectivity index (χ0) is 10.7. The maximum absolute atomic E-state index is 5.89. The van der Waals surface area contributed by atoms with E-state index in [0.717, 1.165) is 24.7 Å². The van der Waals surface area contributed by atoms with Crippen molar-refractivity contribution in [2.75, 3.05) is 13.2 Å². The maximum Gasteiger partial charge on any atom is 0.125 e. The van der Waals surface area contributed by atoms with Crippen molar-refractivity contribution in [2.45, 2.75) is 26.2 Å². The molecule has 0 aromatic heterocycles. The summed E-state index contributed by atoms with van der Waals surface area (Å²) >= 11 is 0. The summed E-state index contributed by atoms with van der Waals surface area (Å²) in [5, 5.41) is 0. The highest BCUT2D eigenvalue weighted by Crippen LogP contribution is 2.31. The molecule has 0 unspecified atom stereocenters. The Labute approximate surface area is 91.4 Å². The van der Waals surface area contributed by atoms with E-state index in [2.05, 4.69) is 25.1 Å². The zero-order valence-electron chi connectivity index (χ0n) is 9.33. The molecule has 0 aliphatic heterocycles. The molecule has 0 bridgehead atoms. The summed E-state index contributed by atoms with van der Waals surface area (Å²) in [5.41, 5.74) is 8.06. The van der Waals surface area contributed by atoms with Crippen molar-refractivity contribution in [2.24, 2.45) is 11.7 Å². The van der Waals surface area contributed by atoms with Crippen molar-refractivity contribution in [3.8, 4) is 5.75 Å². The van der Waals surface area contributed by atoms with Crippen molar-refractivity contribution >= 4 is 0 Å². The van der Waals surface area contributed by atoms with Gasteiger partial charge in [0.25, 0.3) is 0 Å². The summed E-state index contributed by atoms with van der Waals surface area (Å²) in [4.78, 5) is 0. The van der Waals surface area contributed by atoms with Crippen molar-refractivity contribution in [1.29, 1.82) is 0 Å². The van der Waals surface area contributed by atoms with Gasteiger partial charge in [-0.2, -0.15) is 0 Å². The summed E-state index contributed by atoms with van der Waals surface area (Å²) in [7, 11) is 0. The van der Waals surface area contributed by atoms with Crippen LogP contribution >= 0.6 is 0 Å². The highest BCUT2D eigenvalue weighted by molar-refractivity contribution is 5.41. The van der Waals surface area contributed by atoms with Gasteiger partial charge in [-0.25, -0.2) is 0 Å². The van der Waals surface area contributed by atoms with Gasteiger partial charge in [-0.1, -0.05) is 18.2 Å². The molecule has 0 radical (unpaired) electrons. The number of para-hydroxylation sites is 1. The van der Waals surface area contributed by atoms with Crippen molar-refractivity contribution < 1.29 is 4.74 Å². The second-order valence-corrected chi connectivity index (χ2v) is 4.36. The van der Waals surface area contributed by atoms with E-state index in [9.17, 15) is 0 Å². The third-order valence-electron chi connectivity index (χ3n) is 2.87. The minimum atomic E-state index is 0.684. The van der Waals surface area contributed by atoms with E-state index < -0.39 is 0 Å². The summed E-state index contributed by atoms with van der Waals surface area (Å²) in [6, 6.07) is 6.29. The van der Waals surface area contributed by atoms with Crippen LogP contribution in [0.25, 0.3) is 0 Å². The number of aryl methyl sites for hydroxylation is 1. The number of hydrogen-bond donors (Lipinski definition) is 1. The normalized spacial score (nSPS) is 15.3. The second-order valence-electron chi connectivity index (χ2n) is 4.36. The molecule has 82 valence electrons. The van der Waals surface area contributed by atoms with Crippen LogP contribution in [0.5, 0.6) is 5.75 Å². The summed E-state index contributed by atoms with van der Waals surface area (Å²) in [6.45, 7) is 3.66. The molecule has 1 aromatic rings. The van der Waals surface area contributed by atoms with Gasteiger partial charge in [-0.3, -0.25) is 0 Å². The molecule has 0 saturated heterocycles. The molecule has 1 saturated carbocycles. The lowest BCUT2D eigenvalue weighted by Crippen LogP contribution is -2.07. The molecule has 1 aliphatic rings. The fourth-order valence-electron chi connectivity index (χ4n) is 1.76. The van der Waals surface area contributed by atoms with E-state index in [-0.39, 0.29) is 0 Å². The van der Waals surface area contributed by atoms with Crippen LogP contribution in [0.1, 0.15) is 24.0 Å². The number of benzene rings is 1. The maximum atomic E-state index is 5.89. The predicted molar refractivity (Wildman–Crippen MR) is 62.2 cm³/mol. The summed E-state index contributed by atoms with van der Waals surface area (Å²) in [5.74, 6) is 1.87. The third-order valence-corrected chi connectivity index (χ3v) is 2.87. The van der Waals surface area contributed by atoms with Crippen LogP contribution in [0.3, 0.4) is 0 Å². The molecule has 1 aromatic carbocycles. The smallest absolute Gasteiger partial charge is 0.125 e. The molecule has 2 heteroatoms. The van der Waals surface area contributed by atoms with Crippen molar-refractivity contribution in [3.05, 3.63) is 29.3 Å². The molecule has 2 N–H and O–H groups in total. The first kappa shape index (κ1) is 10.5. The Balaban J connectivity index is 2.09. The number of rotatable bonds is 5. The molecule has 2 rings (SSSR count). The van der Waals surface area contributed by atoms with Gasteiger partial charge in [-0.15, -0.1) is 0 Å². The summed E-state index contributed by atoms with van der Waals surface area (Å²) < 4.78 is 5.89. The molecule has 0 spiro atoms. The number of hydrogen-bond acceptors (Lipinski definition) is 2. The molecule has 0 amide bonds. The molecule has 1 fully saturated rings. The van der Waals surface area contributed by atoms with E-state index >= 15 is 0 Å². The fourth-order valence-corrected chi connectivity index (χ4v) is 1.76. The van der Waals surface area contributed by atoms with Crippen LogP contribution < -0.4 is 10.5 Å². The lowest BCUT2D eigenvalue weighted by molar-refractivity contribution is 0.295. The monoisotopic (exact) mass is 205 g/mol. The lowest BCUT2D eigenvalue weighted by atomic mass is 10.1. The molecule has 2 nitrogen and oxygen atoms in total. The van der Waals surface area contributed by atoms with Crippen LogP contribution in [-0.2, 0) is 6.42 Å². The summed E-state index contributed by atoms with van der Waals surface area (Å²) in [6.07, 6.45) is 3.57. The van der Waals surface area contributed by atoms with E-state index in [0.29, 0.717) is 6.54 Å².